The first-order valence-electron chi connectivity index (χ1n) is 5.94. The molecule has 1 aromatic heterocycles. The molecule has 0 radical (unpaired) electrons. The fourth-order valence-electron chi connectivity index (χ4n) is 2.38. The lowest BCUT2D eigenvalue weighted by Gasteiger charge is -2.27. The molecule has 88 valence electrons. The van der Waals surface area contributed by atoms with E-state index in [0.717, 1.165) is 31.7 Å². The Hall–Kier alpha value is -1.32. The van der Waals surface area contributed by atoms with E-state index in [1.807, 2.05) is 0 Å². The molecule has 3 heteroatoms. The van der Waals surface area contributed by atoms with E-state index in [4.69, 9.17) is 5.73 Å². The van der Waals surface area contributed by atoms with Gasteiger partial charge in [0.15, 0.2) is 0 Å². The number of hydrogen-bond donors (Lipinski definition) is 1. The second kappa shape index (κ2) is 4.51. The number of nitrogens with zero attached hydrogens (tertiary/aromatic N) is 1. The summed E-state index contributed by atoms with van der Waals surface area (Å²) in [5.74, 6) is 0. The minimum absolute atomic E-state index is 0.990. The molecule has 0 unspecified atom stereocenters. The summed E-state index contributed by atoms with van der Waals surface area (Å²) in [6.45, 7) is 3.20. The highest BCUT2D eigenvalue weighted by atomic mass is 32.1. The molecule has 0 aliphatic carbocycles. The molecule has 2 nitrogen and oxygen atoms in total. The molecule has 17 heavy (non-hydrogen) atoms. The largest absolute Gasteiger partial charge is 0.398 e. The van der Waals surface area contributed by atoms with E-state index in [2.05, 4.69) is 40.6 Å². The van der Waals surface area contributed by atoms with Crippen LogP contribution in [0, 0.1) is 0 Å². The molecule has 0 amide bonds. The molecule has 1 aromatic carbocycles. The van der Waals surface area contributed by atoms with Gasteiger partial charge in [-0.05, 0) is 17.5 Å². The summed E-state index contributed by atoms with van der Waals surface area (Å²) in [5, 5.41) is 2.08. The highest BCUT2D eigenvalue weighted by molar-refractivity contribution is 7.10. The van der Waals surface area contributed by atoms with Crippen LogP contribution in [-0.4, -0.2) is 11.4 Å². The highest BCUT2D eigenvalue weighted by Crippen LogP contribution is 2.30. The Morgan fingerprint density at radius 1 is 1.24 bits per heavy atom. The normalized spacial score (nSPS) is 15.8. The summed E-state index contributed by atoms with van der Waals surface area (Å²) in [6, 6.07) is 10.7. The molecule has 0 atom stereocenters. The van der Waals surface area contributed by atoms with E-state index >= 15 is 0 Å². The Bertz CT molecular complexity index is 504. The maximum Gasteiger partial charge on any atom is 0.0459 e. The lowest BCUT2D eigenvalue weighted by atomic mass is 10.1. The first-order valence-corrected chi connectivity index (χ1v) is 6.82. The van der Waals surface area contributed by atoms with E-state index in [1.165, 1.54) is 16.0 Å². The Morgan fingerprint density at radius 2 is 2.06 bits per heavy atom. The summed E-state index contributed by atoms with van der Waals surface area (Å²) < 4.78 is 0. The van der Waals surface area contributed by atoms with Crippen LogP contribution in [0.3, 0.4) is 0 Å². The number of benzene rings is 1. The highest BCUT2D eigenvalue weighted by Gasteiger charge is 2.19. The van der Waals surface area contributed by atoms with Crippen LogP contribution >= 0.6 is 11.3 Å². The van der Waals surface area contributed by atoms with E-state index in [0.29, 0.717) is 0 Å². The minimum atomic E-state index is 0.990. The number of rotatable bonds is 2. The molecule has 2 heterocycles. The summed E-state index contributed by atoms with van der Waals surface area (Å²) in [5.41, 5.74) is 9.72. The van der Waals surface area contributed by atoms with Crippen molar-refractivity contribution in [2.24, 2.45) is 0 Å². The summed E-state index contributed by atoms with van der Waals surface area (Å²) in [7, 11) is 0. The minimum Gasteiger partial charge on any atom is -0.398 e. The predicted octanol–water partition coefficient (Wildman–Crippen LogP) is 2.89. The Morgan fingerprint density at radius 3 is 2.88 bits per heavy atom. The van der Waals surface area contributed by atoms with E-state index in [1.54, 1.807) is 11.3 Å². The van der Waals surface area contributed by atoms with Gasteiger partial charge in [0.1, 0.15) is 0 Å². The standard InChI is InChI=1S/C14H16N2S/c15-13-10-17-14-9-16(7-6-12(13)14)8-11-4-2-1-3-5-11/h1-5,10H,6-9,15H2. The van der Waals surface area contributed by atoms with Crippen molar-refractivity contribution in [2.75, 3.05) is 12.3 Å². The van der Waals surface area contributed by atoms with Crippen molar-refractivity contribution in [3.8, 4) is 0 Å². The van der Waals surface area contributed by atoms with Gasteiger partial charge < -0.3 is 5.73 Å². The van der Waals surface area contributed by atoms with Crippen LogP contribution in [-0.2, 0) is 19.5 Å². The average molecular weight is 244 g/mol. The molecule has 2 N–H and O–H groups in total. The van der Waals surface area contributed by atoms with Crippen LogP contribution in [0.2, 0.25) is 0 Å². The monoisotopic (exact) mass is 244 g/mol. The van der Waals surface area contributed by atoms with Crippen LogP contribution in [0.5, 0.6) is 0 Å². The van der Waals surface area contributed by atoms with Crippen molar-refractivity contribution in [3.63, 3.8) is 0 Å². The van der Waals surface area contributed by atoms with Gasteiger partial charge in [0.25, 0.3) is 0 Å². The second-order valence-electron chi connectivity index (χ2n) is 4.54. The first kappa shape index (κ1) is 10.8. The van der Waals surface area contributed by atoms with E-state index < -0.39 is 0 Å². The number of thiophene rings is 1. The van der Waals surface area contributed by atoms with Crippen molar-refractivity contribution in [1.29, 1.82) is 0 Å². The van der Waals surface area contributed by atoms with Gasteiger partial charge in [0.05, 0.1) is 0 Å². The van der Waals surface area contributed by atoms with Gasteiger partial charge >= 0.3 is 0 Å². The number of nitrogen functional groups attached to an aromatic ring is 1. The lowest BCUT2D eigenvalue weighted by Crippen LogP contribution is -2.29. The molecular formula is C14H16N2S. The van der Waals surface area contributed by atoms with E-state index in [-0.39, 0.29) is 0 Å². The fraction of sp³-hybridized carbons (Fsp3) is 0.286. The van der Waals surface area contributed by atoms with Gasteiger partial charge in [-0.15, -0.1) is 11.3 Å². The maximum atomic E-state index is 5.95. The third-order valence-corrected chi connectivity index (χ3v) is 4.34. The quantitative estimate of drug-likeness (QED) is 0.880. The third-order valence-electron chi connectivity index (χ3n) is 3.31. The van der Waals surface area contributed by atoms with E-state index in [9.17, 15) is 0 Å². The van der Waals surface area contributed by atoms with Gasteiger partial charge in [-0.25, -0.2) is 0 Å². The molecule has 0 saturated carbocycles. The lowest BCUT2D eigenvalue weighted by molar-refractivity contribution is 0.249. The molecular weight excluding hydrogens is 228 g/mol. The predicted molar refractivity (Wildman–Crippen MR) is 73.0 cm³/mol. The Kier molecular flexibility index (Phi) is 2.87. The molecule has 2 aromatic rings. The van der Waals surface area contributed by atoms with Crippen molar-refractivity contribution in [1.82, 2.24) is 4.90 Å². The smallest absolute Gasteiger partial charge is 0.0459 e. The van der Waals surface area contributed by atoms with Gasteiger partial charge in [-0.1, -0.05) is 30.3 Å². The summed E-state index contributed by atoms with van der Waals surface area (Å²) >= 11 is 1.80. The Balaban J connectivity index is 1.72. The molecule has 0 spiro atoms. The molecule has 3 rings (SSSR count). The number of anilines is 1. The topological polar surface area (TPSA) is 29.3 Å². The molecule has 0 saturated heterocycles. The zero-order valence-corrected chi connectivity index (χ0v) is 10.5. The Labute approximate surface area is 106 Å². The maximum absolute atomic E-state index is 5.95. The van der Waals surface area contributed by atoms with Crippen molar-refractivity contribution >= 4 is 17.0 Å². The zero-order chi connectivity index (χ0) is 11.7. The average Bonchev–Trinajstić information content (AvgIpc) is 2.72. The summed E-state index contributed by atoms with van der Waals surface area (Å²) in [4.78, 5) is 3.94. The van der Waals surface area contributed by atoms with Gasteiger partial charge in [0.2, 0.25) is 0 Å². The van der Waals surface area contributed by atoms with Crippen LogP contribution in [0.25, 0.3) is 0 Å². The number of hydrogen-bond acceptors (Lipinski definition) is 3. The third kappa shape index (κ3) is 2.21. The summed E-state index contributed by atoms with van der Waals surface area (Å²) in [6.07, 6.45) is 1.09. The number of fused-ring (bicyclic) bond motifs is 1. The molecule has 1 aliphatic heterocycles. The van der Waals surface area contributed by atoms with Crippen LogP contribution < -0.4 is 5.73 Å². The first-order chi connectivity index (χ1) is 8.33. The van der Waals surface area contributed by atoms with Gasteiger partial charge in [-0.2, -0.15) is 0 Å². The van der Waals surface area contributed by atoms with Crippen LogP contribution in [0.4, 0.5) is 5.69 Å². The van der Waals surface area contributed by atoms with Crippen molar-refractivity contribution in [3.05, 3.63) is 51.7 Å². The SMILES string of the molecule is Nc1csc2c1CCN(Cc1ccccc1)C2. The van der Waals surface area contributed by atoms with Crippen LogP contribution in [0.1, 0.15) is 16.0 Å². The molecule has 0 fully saturated rings. The second-order valence-corrected chi connectivity index (χ2v) is 5.50. The molecule has 0 bridgehead atoms. The molecule has 1 aliphatic rings. The van der Waals surface area contributed by atoms with Crippen molar-refractivity contribution < 1.29 is 0 Å². The fourth-order valence-corrected chi connectivity index (χ4v) is 3.41. The van der Waals surface area contributed by atoms with Gasteiger partial charge in [0, 0.05) is 35.6 Å². The van der Waals surface area contributed by atoms with Crippen molar-refractivity contribution in [2.45, 2.75) is 19.5 Å². The van der Waals surface area contributed by atoms with Crippen LogP contribution in [0.15, 0.2) is 35.7 Å². The van der Waals surface area contributed by atoms with Gasteiger partial charge in [-0.3, -0.25) is 4.90 Å². The number of nitrogens with two attached hydrogens (primary N) is 1. The zero-order valence-electron chi connectivity index (χ0n) is 9.73.